The molecule has 0 atom stereocenters. The Balaban J connectivity index is 3.06. The Labute approximate surface area is 82.8 Å². The van der Waals surface area contributed by atoms with Crippen LogP contribution in [0.3, 0.4) is 0 Å². The molecule has 0 aliphatic rings. The van der Waals surface area contributed by atoms with E-state index in [9.17, 15) is 4.79 Å². The van der Waals surface area contributed by atoms with Gasteiger partial charge in [-0.3, -0.25) is 4.79 Å². The largest absolute Gasteiger partial charge is 0.500 e. The van der Waals surface area contributed by atoms with Gasteiger partial charge >= 0.3 is 0 Å². The highest BCUT2D eigenvalue weighted by molar-refractivity contribution is 5.17. The van der Waals surface area contributed by atoms with E-state index in [1.807, 2.05) is 6.92 Å². The molecule has 0 aliphatic carbocycles. The average molecular weight is 194 g/mol. The molecule has 1 aromatic rings. The van der Waals surface area contributed by atoms with Gasteiger partial charge in [0.1, 0.15) is 12.3 Å². The zero-order valence-electron chi connectivity index (χ0n) is 8.70. The minimum absolute atomic E-state index is 0.0943. The van der Waals surface area contributed by atoms with Crippen LogP contribution in [0.2, 0.25) is 0 Å². The van der Waals surface area contributed by atoms with Crippen molar-refractivity contribution < 1.29 is 4.74 Å². The Morgan fingerprint density at radius 1 is 1.64 bits per heavy atom. The van der Waals surface area contributed by atoms with Gasteiger partial charge in [-0.15, -0.1) is 0 Å². The molecule has 0 amide bonds. The number of hydrogen-bond acceptors (Lipinski definition) is 3. The third-order valence-corrected chi connectivity index (χ3v) is 2.15. The van der Waals surface area contributed by atoms with Crippen molar-refractivity contribution in [3.05, 3.63) is 40.0 Å². The van der Waals surface area contributed by atoms with Gasteiger partial charge in [-0.2, -0.15) is 5.10 Å². The third-order valence-electron chi connectivity index (χ3n) is 2.15. The van der Waals surface area contributed by atoms with Crippen LogP contribution >= 0.6 is 0 Å². The third kappa shape index (κ3) is 2.02. The number of rotatable bonds is 3. The monoisotopic (exact) mass is 194 g/mol. The predicted octanol–water partition coefficient (Wildman–Crippen LogP) is 1.02. The first-order valence-electron chi connectivity index (χ1n) is 4.31. The molecule has 0 saturated carbocycles. The standard InChI is InChI=1S/C10H14N2O2/c1-7-5-11-12(6-8(2)14-4)10(13)9(7)3/h5H,2,6H2,1,3-4H3. The molecule has 76 valence electrons. The second-order valence-electron chi connectivity index (χ2n) is 3.16. The molecular weight excluding hydrogens is 180 g/mol. The number of methoxy groups -OCH3 is 1. The highest BCUT2D eigenvalue weighted by atomic mass is 16.5. The lowest BCUT2D eigenvalue weighted by atomic mass is 10.2. The molecule has 4 nitrogen and oxygen atoms in total. The SMILES string of the molecule is C=C(Cn1ncc(C)c(C)c1=O)OC. The Hall–Kier alpha value is -1.58. The van der Waals surface area contributed by atoms with E-state index in [4.69, 9.17) is 4.74 Å². The molecule has 0 unspecified atom stereocenters. The van der Waals surface area contributed by atoms with E-state index in [0.717, 1.165) is 5.56 Å². The highest BCUT2D eigenvalue weighted by Crippen LogP contribution is 1.98. The summed E-state index contributed by atoms with van der Waals surface area (Å²) < 4.78 is 6.23. The van der Waals surface area contributed by atoms with Crippen LogP contribution in [-0.2, 0) is 11.3 Å². The Morgan fingerprint density at radius 2 is 2.29 bits per heavy atom. The molecule has 1 rings (SSSR count). The lowest BCUT2D eigenvalue weighted by molar-refractivity contribution is 0.266. The molecule has 0 aliphatic heterocycles. The smallest absolute Gasteiger partial charge is 0.270 e. The second kappa shape index (κ2) is 4.09. The van der Waals surface area contributed by atoms with Crippen molar-refractivity contribution in [3.8, 4) is 0 Å². The quantitative estimate of drug-likeness (QED) is 0.675. The van der Waals surface area contributed by atoms with E-state index in [-0.39, 0.29) is 5.56 Å². The Morgan fingerprint density at radius 3 is 2.86 bits per heavy atom. The second-order valence-corrected chi connectivity index (χ2v) is 3.16. The summed E-state index contributed by atoms with van der Waals surface area (Å²) in [7, 11) is 1.52. The molecular formula is C10H14N2O2. The first kappa shape index (κ1) is 10.5. The fourth-order valence-electron chi connectivity index (χ4n) is 1.01. The highest BCUT2D eigenvalue weighted by Gasteiger charge is 2.04. The lowest BCUT2D eigenvalue weighted by Crippen LogP contribution is -2.26. The molecule has 14 heavy (non-hydrogen) atoms. The number of aromatic nitrogens is 2. The van der Waals surface area contributed by atoms with Crippen molar-refractivity contribution in [3.63, 3.8) is 0 Å². The van der Waals surface area contributed by atoms with Crippen LogP contribution in [0.4, 0.5) is 0 Å². The van der Waals surface area contributed by atoms with Gasteiger partial charge in [-0.05, 0) is 19.4 Å². The fraction of sp³-hybridized carbons (Fsp3) is 0.400. The normalized spacial score (nSPS) is 9.93. The van der Waals surface area contributed by atoms with Crippen LogP contribution in [0.5, 0.6) is 0 Å². The molecule has 4 heteroatoms. The molecule has 1 aromatic heterocycles. The van der Waals surface area contributed by atoms with E-state index >= 15 is 0 Å². The number of allylic oxidation sites excluding steroid dienone is 1. The van der Waals surface area contributed by atoms with E-state index < -0.39 is 0 Å². The van der Waals surface area contributed by atoms with E-state index in [1.54, 1.807) is 13.1 Å². The minimum Gasteiger partial charge on any atom is -0.500 e. The maximum Gasteiger partial charge on any atom is 0.270 e. The Kier molecular flexibility index (Phi) is 3.06. The van der Waals surface area contributed by atoms with E-state index in [0.29, 0.717) is 17.9 Å². The van der Waals surface area contributed by atoms with Crippen LogP contribution in [0, 0.1) is 13.8 Å². The summed E-state index contributed by atoms with van der Waals surface area (Å²) in [6, 6.07) is 0. The number of ether oxygens (including phenoxy) is 1. The summed E-state index contributed by atoms with van der Waals surface area (Å²) in [5, 5.41) is 3.99. The predicted molar refractivity (Wildman–Crippen MR) is 54.1 cm³/mol. The van der Waals surface area contributed by atoms with Gasteiger partial charge in [0.2, 0.25) is 0 Å². The molecule has 0 N–H and O–H groups in total. The van der Waals surface area contributed by atoms with Gasteiger partial charge in [-0.1, -0.05) is 6.58 Å². The van der Waals surface area contributed by atoms with Gasteiger partial charge < -0.3 is 4.74 Å². The average Bonchev–Trinajstić information content (AvgIpc) is 2.19. The van der Waals surface area contributed by atoms with Gasteiger partial charge in [0.25, 0.3) is 5.56 Å². The zero-order valence-corrected chi connectivity index (χ0v) is 8.70. The molecule has 0 fully saturated rings. The molecule has 0 saturated heterocycles. The summed E-state index contributed by atoms with van der Waals surface area (Å²) in [6.45, 7) is 7.59. The van der Waals surface area contributed by atoms with Crippen molar-refractivity contribution in [1.29, 1.82) is 0 Å². The Bertz CT molecular complexity index is 407. The molecule has 0 aromatic carbocycles. The van der Waals surface area contributed by atoms with E-state index in [2.05, 4.69) is 11.7 Å². The van der Waals surface area contributed by atoms with Crippen molar-refractivity contribution in [1.82, 2.24) is 9.78 Å². The van der Waals surface area contributed by atoms with Crippen LogP contribution in [0.1, 0.15) is 11.1 Å². The maximum atomic E-state index is 11.6. The van der Waals surface area contributed by atoms with Crippen molar-refractivity contribution in [2.75, 3.05) is 7.11 Å². The zero-order chi connectivity index (χ0) is 10.7. The molecule has 0 spiro atoms. The molecule has 0 radical (unpaired) electrons. The minimum atomic E-state index is -0.0943. The van der Waals surface area contributed by atoms with Crippen molar-refractivity contribution >= 4 is 0 Å². The fourth-order valence-corrected chi connectivity index (χ4v) is 1.01. The summed E-state index contributed by atoms with van der Waals surface area (Å²) in [5.41, 5.74) is 1.52. The van der Waals surface area contributed by atoms with Crippen molar-refractivity contribution in [2.45, 2.75) is 20.4 Å². The van der Waals surface area contributed by atoms with Gasteiger partial charge in [0.05, 0.1) is 13.3 Å². The van der Waals surface area contributed by atoms with Crippen molar-refractivity contribution in [2.24, 2.45) is 0 Å². The topological polar surface area (TPSA) is 44.1 Å². The number of nitrogens with zero attached hydrogens (tertiary/aromatic N) is 2. The van der Waals surface area contributed by atoms with Gasteiger partial charge in [0, 0.05) is 5.56 Å². The number of hydrogen-bond donors (Lipinski definition) is 0. The number of aryl methyl sites for hydroxylation is 1. The summed E-state index contributed by atoms with van der Waals surface area (Å²) in [4.78, 5) is 11.6. The van der Waals surface area contributed by atoms with Gasteiger partial charge in [-0.25, -0.2) is 4.68 Å². The first-order chi connectivity index (χ1) is 6.56. The lowest BCUT2D eigenvalue weighted by Gasteiger charge is -2.07. The van der Waals surface area contributed by atoms with Crippen LogP contribution in [0.25, 0.3) is 0 Å². The first-order valence-corrected chi connectivity index (χ1v) is 4.31. The molecule has 1 heterocycles. The summed E-state index contributed by atoms with van der Waals surface area (Å²) >= 11 is 0. The van der Waals surface area contributed by atoms with Gasteiger partial charge in [0.15, 0.2) is 0 Å². The molecule has 0 bridgehead atoms. The summed E-state index contributed by atoms with van der Waals surface area (Å²) in [6.07, 6.45) is 1.67. The van der Waals surface area contributed by atoms with E-state index in [1.165, 1.54) is 11.8 Å². The van der Waals surface area contributed by atoms with Crippen LogP contribution in [0.15, 0.2) is 23.3 Å². The van der Waals surface area contributed by atoms with Crippen LogP contribution < -0.4 is 5.56 Å². The van der Waals surface area contributed by atoms with Crippen LogP contribution in [-0.4, -0.2) is 16.9 Å². The summed E-state index contributed by atoms with van der Waals surface area (Å²) in [5.74, 6) is 0.517. The maximum absolute atomic E-state index is 11.6.